The van der Waals surface area contributed by atoms with E-state index in [1.807, 2.05) is 48.5 Å². The van der Waals surface area contributed by atoms with Crippen LogP contribution in [0.3, 0.4) is 0 Å². The molecule has 0 bridgehead atoms. The number of amides is 2. The number of nitrogens with one attached hydrogen (secondary N) is 2. The molecule has 4 rings (SSSR count). The van der Waals surface area contributed by atoms with E-state index >= 15 is 0 Å². The highest BCUT2D eigenvalue weighted by Crippen LogP contribution is 2.44. The summed E-state index contributed by atoms with van der Waals surface area (Å²) >= 11 is 5.80. The highest BCUT2D eigenvalue weighted by molar-refractivity contribution is 6.31. The van der Waals surface area contributed by atoms with Crippen LogP contribution in [0.5, 0.6) is 0 Å². The average Bonchev–Trinajstić information content (AvgIpc) is 3.11. The number of halogens is 1. The molecule has 0 heterocycles. The molecule has 3 N–H and O–H groups in total. The molecule has 0 saturated heterocycles. The van der Waals surface area contributed by atoms with Gasteiger partial charge in [0.2, 0.25) is 5.91 Å². The molecule has 2 amide bonds. The monoisotopic (exact) mass is 450 g/mol. The first kappa shape index (κ1) is 21.4. The number of hydrogen-bond acceptors (Lipinski definition) is 4. The number of rotatable bonds is 6. The van der Waals surface area contributed by atoms with Crippen molar-refractivity contribution in [3.05, 3.63) is 88.4 Å². The molecule has 1 aliphatic rings. The molecular formula is C24H19ClN2O5. The third-order valence-corrected chi connectivity index (χ3v) is 5.46. The predicted octanol–water partition coefficient (Wildman–Crippen LogP) is 4.52. The van der Waals surface area contributed by atoms with Crippen LogP contribution in [0.4, 0.5) is 10.5 Å². The summed E-state index contributed by atoms with van der Waals surface area (Å²) in [5.74, 6) is -1.91. The molecule has 1 aliphatic carbocycles. The Balaban J connectivity index is 1.34. The molecular weight excluding hydrogens is 432 g/mol. The van der Waals surface area contributed by atoms with E-state index in [0.29, 0.717) is 0 Å². The minimum Gasteiger partial charge on any atom is -0.478 e. The number of fused-ring (bicyclic) bond motifs is 3. The zero-order valence-electron chi connectivity index (χ0n) is 16.8. The standard InChI is InChI=1S/C24H19ClN2O5/c25-14-9-10-21(19(11-14)23(29)30)27-22(28)12-26-24(31)32-13-20-17-7-3-1-5-15(17)16-6-2-4-8-18(16)20/h1-11,20H,12-13H2,(H,26,31)(H,27,28)(H,29,30). The summed E-state index contributed by atoms with van der Waals surface area (Å²) < 4.78 is 5.38. The summed E-state index contributed by atoms with van der Waals surface area (Å²) in [4.78, 5) is 35.6. The summed E-state index contributed by atoms with van der Waals surface area (Å²) in [6, 6.07) is 20.0. The van der Waals surface area contributed by atoms with Gasteiger partial charge in [0.25, 0.3) is 0 Å². The SMILES string of the molecule is O=C(CNC(=O)OCC1c2ccccc2-c2ccccc21)Nc1ccc(Cl)cc1C(=O)O. The smallest absolute Gasteiger partial charge is 0.407 e. The molecule has 3 aromatic rings. The highest BCUT2D eigenvalue weighted by Gasteiger charge is 2.29. The van der Waals surface area contributed by atoms with Gasteiger partial charge in [-0.25, -0.2) is 9.59 Å². The number of hydrogen-bond donors (Lipinski definition) is 3. The Morgan fingerprint density at radius 1 is 0.938 bits per heavy atom. The van der Waals surface area contributed by atoms with Crippen LogP contribution in [0.25, 0.3) is 11.1 Å². The fraction of sp³-hybridized carbons (Fsp3) is 0.125. The molecule has 0 radical (unpaired) electrons. The molecule has 0 saturated carbocycles. The van der Waals surface area contributed by atoms with E-state index in [1.54, 1.807) is 0 Å². The van der Waals surface area contributed by atoms with Crippen LogP contribution in [0, 0.1) is 0 Å². The Morgan fingerprint density at radius 3 is 2.19 bits per heavy atom. The van der Waals surface area contributed by atoms with Crippen molar-refractivity contribution in [3.63, 3.8) is 0 Å². The van der Waals surface area contributed by atoms with Gasteiger partial charge >= 0.3 is 12.1 Å². The van der Waals surface area contributed by atoms with Crippen LogP contribution in [0.15, 0.2) is 66.7 Å². The van der Waals surface area contributed by atoms with Crippen LogP contribution in [0.2, 0.25) is 5.02 Å². The van der Waals surface area contributed by atoms with E-state index < -0.39 is 18.0 Å². The number of anilines is 1. The normalized spacial score (nSPS) is 11.9. The first-order chi connectivity index (χ1) is 15.4. The van der Waals surface area contributed by atoms with Gasteiger partial charge in [0.05, 0.1) is 11.3 Å². The average molecular weight is 451 g/mol. The van der Waals surface area contributed by atoms with Crippen LogP contribution in [-0.2, 0) is 9.53 Å². The molecule has 0 fully saturated rings. The molecule has 0 atom stereocenters. The largest absolute Gasteiger partial charge is 0.478 e. The van der Waals surface area contributed by atoms with Crippen molar-refractivity contribution in [1.29, 1.82) is 0 Å². The van der Waals surface area contributed by atoms with Crippen LogP contribution < -0.4 is 10.6 Å². The first-order valence-corrected chi connectivity index (χ1v) is 10.2. The van der Waals surface area contributed by atoms with Crippen molar-refractivity contribution >= 4 is 35.3 Å². The molecule has 3 aromatic carbocycles. The van der Waals surface area contributed by atoms with E-state index in [-0.39, 0.29) is 35.3 Å². The molecule has 8 heteroatoms. The maximum Gasteiger partial charge on any atom is 0.407 e. The molecule has 0 unspecified atom stereocenters. The summed E-state index contributed by atoms with van der Waals surface area (Å²) in [5.41, 5.74) is 4.35. The number of ether oxygens (including phenoxy) is 1. The van der Waals surface area contributed by atoms with Crippen molar-refractivity contribution in [3.8, 4) is 11.1 Å². The lowest BCUT2D eigenvalue weighted by Crippen LogP contribution is -2.34. The third-order valence-electron chi connectivity index (χ3n) is 5.22. The Labute approximate surface area is 189 Å². The zero-order chi connectivity index (χ0) is 22.7. The fourth-order valence-electron chi connectivity index (χ4n) is 3.80. The van der Waals surface area contributed by atoms with E-state index in [0.717, 1.165) is 22.3 Å². The van der Waals surface area contributed by atoms with Gasteiger partial charge in [-0.3, -0.25) is 4.79 Å². The van der Waals surface area contributed by atoms with Gasteiger partial charge in [-0.2, -0.15) is 0 Å². The number of benzene rings is 3. The summed E-state index contributed by atoms with van der Waals surface area (Å²) in [5, 5.41) is 14.3. The van der Waals surface area contributed by atoms with Crippen LogP contribution in [-0.4, -0.2) is 36.2 Å². The maximum absolute atomic E-state index is 12.2. The van der Waals surface area contributed by atoms with Gasteiger partial charge in [0.1, 0.15) is 13.2 Å². The van der Waals surface area contributed by atoms with Crippen molar-refractivity contribution in [1.82, 2.24) is 5.32 Å². The Kier molecular flexibility index (Phi) is 6.09. The number of carbonyl (C=O) groups excluding carboxylic acids is 2. The van der Waals surface area contributed by atoms with Crippen LogP contribution >= 0.6 is 11.6 Å². The van der Waals surface area contributed by atoms with Gasteiger partial charge < -0.3 is 20.5 Å². The van der Waals surface area contributed by atoms with Crippen molar-refractivity contribution in [2.75, 3.05) is 18.5 Å². The van der Waals surface area contributed by atoms with E-state index in [4.69, 9.17) is 16.3 Å². The zero-order valence-corrected chi connectivity index (χ0v) is 17.6. The number of carbonyl (C=O) groups is 3. The number of alkyl carbamates (subject to hydrolysis) is 1. The van der Waals surface area contributed by atoms with Crippen LogP contribution in [0.1, 0.15) is 27.4 Å². The molecule has 162 valence electrons. The first-order valence-electron chi connectivity index (χ1n) is 9.85. The second-order valence-corrected chi connectivity index (χ2v) is 7.66. The second kappa shape index (κ2) is 9.11. The molecule has 0 aromatic heterocycles. The Bertz CT molecular complexity index is 1160. The number of carboxylic acids is 1. The Morgan fingerprint density at radius 2 is 1.56 bits per heavy atom. The van der Waals surface area contributed by atoms with Gasteiger partial charge in [-0.1, -0.05) is 60.1 Å². The number of carboxylic acid groups (broad SMARTS) is 1. The van der Waals surface area contributed by atoms with Gasteiger partial charge in [0.15, 0.2) is 0 Å². The van der Waals surface area contributed by atoms with E-state index in [9.17, 15) is 19.5 Å². The summed E-state index contributed by atoms with van der Waals surface area (Å²) in [6.45, 7) is -0.250. The topological polar surface area (TPSA) is 105 Å². The predicted molar refractivity (Wildman–Crippen MR) is 120 cm³/mol. The quantitative estimate of drug-likeness (QED) is 0.512. The lowest BCUT2D eigenvalue weighted by atomic mass is 9.98. The summed E-state index contributed by atoms with van der Waals surface area (Å²) in [6.07, 6.45) is -0.739. The minimum atomic E-state index is -1.23. The maximum atomic E-state index is 12.2. The highest BCUT2D eigenvalue weighted by atomic mass is 35.5. The van der Waals surface area contributed by atoms with Crippen molar-refractivity contribution < 1.29 is 24.2 Å². The Hall–Kier alpha value is -3.84. The lowest BCUT2D eigenvalue weighted by Gasteiger charge is -2.14. The third kappa shape index (κ3) is 4.43. The summed E-state index contributed by atoms with van der Waals surface area (Å²) in [7, 11) is 0. The molecule has 0 spiro atoms. The molecule has 32 heavy (non-hydrogen) atoms. The molecule has 7 nitrogen and oxygen atoms in total. The van der Waals surface area contributed by atoms with E-state index in [2.05, 4.69) is 10.6 Å². The van der Waals surface area contributed by atoms with Gasteiger partial charge in [0, 0.05) is 10.9 Å². The van der Waals surface area contributed by atoms with E-state index in [1.165, 1.54) is 18.2 Å². The van der Waals surface area contributed by atoms with Gasteiger partial charge in [-0.05, 0) is 40.5 Å². The molecule has 0 aliphatic heterocycles. The number of aromatic carboxylic acids is 1. The van der Waals surface area contributed by atoms with Crippen molar-refractivity contribution in [2.24, 2.45) is 0 Å². The minimum absolute atomic E-state index is 0.0845. The van der Waals surface area contributed by atoms with Gasteiger partial charge in [-0.15, -0.1) is 0 Å². The second-order valence-electron chi connectivity index (χ2n) is 7.22. The fourth-order valence-corrected chi connectivity index (χ4v) is 3.97. The van der Waals surface area contributed by atoms with Crippen molar-refractivity contribution in [2.45, 2.75) is 5.92 Å². The lowest BCUT2D eigenvalue weighted by molar-refractivity contribution is -0.115.